The van der Waals surface area contributed by atoms with Crippen LogP contribution < -0.4 is 24.7 Å². The highest BCUT2D eigenvalue weighted by Gasteiger charge is 2.25. The maximum atomic E-state index is 12.3. The van der Waals surface area contributed by atoms with Gasteiger partial charge < -0.3 is 29.4 Å². The fourth-order valence-corrected chi connectivity index (χ4v) is 2.70. The van der Waals surface area contributed by atoms with Gasteiger partial charge in [-0.2, -0.15) is 0 Å². The summed E-state index contributed by atoms with van der Waals surface area (Å²) in [6.07, 6.45) is 1.55. The Bertz CT molecular complexity index is 1040. The Morgan fingerprint density at radius 3 is 2.33 bits per heavy atom. The van der Waals surface area contributed by atoms with E-state index in [1.54, 1.807) is 42.5 Å². The second kappa shape index (κ2) is 8.99. The van der Waals surface area contributed by atoms with Gasteiger partial charge in [0, 0.05) is 5.56 Å². The Hall–Kier alpha value is -4.01. The number of carbonyl (C=O) groups excluding carboxylic acids is 2. The van der Waals surface area contributed by atoms with Crippen LogP contribution >= 0.6 is 0 Å². The van der Waals surface area contributed by atoms with E-state index in [0.29, 0.717) is 34.1 Å². The molecule has 0 saturated heterocycles. The summed E-state index contributed by atoms with van der Waals surface area (Å²) in [4.78, 5) is 27.4. The molecule has 3 rings (SSSR count). The van der Waals surface area contributed by atoms with Crippen LogP contribution in [0.15, 0.2) is 47.1 Å². The van der Waals surface area contributed by atoms with Crippen LogP contribution in [0.25, 0.3) is 6.08 Å². The summed E-state index contributed by atoms with van der Waals surface area (Å²) in [6, 6.07) is 10.0. The third-order valence-electron chi connectivity index (χ3n) is 4.11. The second-order valence-electron chi connectivity index (χ2n) is 6.07. The SMILES string of the molecule is COc1ccc(C2=N/C(=C/c3ccc(OCC(N)=O)c(OC)c3)C(=O)O2)cc1OC. The molecule has 2 aromatic rings. The number of hydrogen-bond donors (Lipinski definition) is 1. The van der Waals surface area contributed by atoms with Gasteiger partial charge in [-0.05, 0) is 42.0 Å². The molecule has 1 amide bonds. The van der Waals surface area contributed by atoms with Crippen LogP contribution in [0.4, 0.5) is 0 Å². The van der Waals surface area contributed by atoms with Gasteiger partial charge in [-0.1, -0.05) is 6.07 Å². The Labute approximate surface area is 172 Å². The molecule has 0 atom stereocenters. The summed E-state index contributed by atoms with van der Waals surface area (Å²) in [7, 11) is 4.50. The van der Waals surface area contributed by atoms with E-state index in [9.17, 15) is 9.59 Å². The molecular weight excluding hydrogens is 392 g/mol. The van der Waals surface area contributed by atoms with Crippen molar-refractivity contribution in [3.8, 4) is 23.0 Å². The fourth-order valence-electron chi connectivity index (χ4n) is 2.70. The zero-order chi connectivity index (χ0) is 21.7. The average Bonchev–Trinajstić information content (AvgIpc) is 3.12. The smallest absolute Gasteiger partial charge is 0.363 e. The number of amides is 1. The first-order chi connectivity index (χ1) is 14.4. The van der Waals surface area contributed by atoms with Gasteiger partial charge in [0.1, 0.15) is 0 Å². The van der Waals surface area contributed by atoms with Gasteiger partial charge in [0.15, 0.2) is 35.3 Å². The number of esters is 1. The molecule has 0 aromatic heterocycles. The number of rotatable bonds is 8. The van der Waals surface area contributed by atoms with E-state index in [0.717, 1.165) is 0 Å². The number of carbonyl (C=O) groups is 2. The van der Waals surface area contributed by atoms with E-state index in [1.807, 2.05) is 0 Å². The summed E-state index contributed by atoms with van der Waals surface area (Å²) < 4.78 is 26.3. The standard InChI is InChI=1S/C21H20N2O7/c1-26-15-7-5-13(10-18(15)28-3)20-23-14(21(25)30-20)8-12-4-6-16(17(9-12)27-2)29-11-19(22)24/h4-10H,11H2,1-3H3,(H2,22,24)/b14-8+. The minimum absolute atomic E-state index is 0.118. The third-order valence-corrected chi connectivity index (χ3v) is 4.11. The molecule has 9 heteroatoms. The van der Waals surface area contributed by atoms with E-state index < -0.39 is 11.9 Å². The minimum atomic E-state index is -0.603. The van der Waals surface area contributed by atoms with Gasteiger partial charge in [0.25, 0.3) is 5.91 Å². The predicted octanol–water partition coefficient (Wildman–Crippen LogP) is 1.92. The first kappa shape index (κ1) is 20.7. The quantitative estimate of drug-likeness (QED) is 0.520. The Morgan fingerprint density at radius 1 is 1.00 bits per heavy atom. The van der Waals surface area contributed by atoms with E-state index in [4.69, 9.17) is 29.4 Å². The normalized spacial score (nSPS) is 14.2. The second-order valence-corrected chi connectivity index (χ2v) is 6.07. The minimum Gasteiger partial charge on any atom is -0.493 e. The van der Waals surface area contributed by atoms with Crippen LogP contribution in [-0.2, 0) is 14.3 Å². The number of methoxy groups -OCH3 is 3. The first-order valence-corrected chi connectivity index (χ1v) is 8.79. The Balaban J connectivity index is 1.88. The molecule has 0 radical (unpaired) electrons. The molecule has 0 saturated carbocycles. The van der Waals surface area contributed by atoms with Crippen LogP contribution in [-0.4, -0.2) is 45.7 Å². The molecule has 1 aliphatic rings. The number of ether oxygens (including phenoxy) is 5. The predicted molar refractivity (Wildman–Crippen MR) is 108 cm³/mol. The number of nitrogens with zero attached hydrogens (tertiary/aromatic N) is 1. The van der Waals surface area contributed by atoms with Crippen LogP contribution in [0.2, 0.25) is 0 Å². The molecule has 2 N–H and O–H groups in total. The average molecular weight is 412 g/mol. The molecule has 1 heterocycles. The van der Waals surface area contributed by atoms with E-state index in [2.05, 4.69) is 4.99 Å². The number of cyclic esters (lactones) is 1. The van der Waals surface area contributed by atoms with Crippen molar-refractivity contribution in [3.63, 3.8) is 0 Å². The van der Waals surface area contributed by atoms with Crippen molar-refractivity contribution >= 4 is 23.9 Å². The molecule has 0 spiro atoms. The third kappa shape index (κ3) is 4.52. The van der Waals surface area contributed by atoms with Gasteiger partial charge in [-0.15, -0.1) is 0 Å². The first-order valence-electron chi connectivity index (χ1n) is 8.79. The van der Waals surface area contributed by atoms with Crippen LogP contribution in [0.3, 0.4) is 0 Å². The number of nitrogens with two attached hydrogens (primary N) is 1. The molecule has 0 bridgehead atoms. The summed E-state index contributed by atoms with van der Waals surface area (Å²) in [6.45, 7) is -0.276. The van der Waals surface area contributed by atoms with Crippen molar-refractivity contribution in [2.45, 2.75) is 0 Å². The topological polar surface area (TPSA) is 119 Å². The largest absolute Gasteiger partial charge is 0.493 e. The lowest BCUT2D eigenvalue weighted by Gasteiger charge is -2.09. The molecule has 9 nitrogen and oxygen atoms in total. The van der Waals surface area contributed by atoms with Crippen LogP contribution in [0, 0.1) is 0 Å². The van der Waals surface area contributed by atoms with Crippen molar-refractivity contribution in [3.05, 3.63) is 53.2 Å². The number of benzene rings is 2. The number of hydrogen-bond acceptors (Lipinski definition) is 8. The molecule has 0 aliphatic carbocycles. The van der Waals surface area contributed by atoms with Gasteiger partial charge in [0.2, 0.25) is 5.90 Å². The molecule has 1 aliphatic heterocycles. The summed E-state index contributed by atoms with van der Waals surface area (Å²) >= 11 is 0. The molecule has 30 heavy (non-hydrogen) atoms. The highest BCUT2D eigenvalue weighted by molar-refractivity contribution is 6.13. The van der Waals surface area contributed by atoms with Crippen molar-refractivity contribution in [2.75, 3.05) is 27.9 Å². The maximum Gasteiger partial charge on any atom is 0.363 e. The highest BCUT2D eigenvalue weighted by atomic mass is 16.6. The fraction of sp³-hybridized carbons (Fsp3) is 0.190. The van der Waals surface area contributed by atoms with Gasteiger partial charge in [0.05, 0.1) is 21.3 Å². The van der Waals surface area contributed by atoms with E-state index >= 15 is 0 Å². The van der Waals surface area contributed by atoms with Crippen molar-refractivity contribution in [2.24, 2.45) is 10.7 Å². The summed E-state index contributed by atoms with van der Waals surface area (Å²) in [5, 5.41) is 0. The van der Waals surface area contributed by atoms with E-state index in [1.165, 1.54) is 21.3 Å². The maximum absolute atomic E-state index is 12.3. The molecule has 0 fully saturated rings. The van der Waals surface area contributed by atoms with Crippen LogP contribution in [0.5, 0.6) is 23.0 Å². The molecule has 0 unspecified atom stereocenters. The van der Waals surface area contributed by atoms with Gasteiger partial charge in [-0.25, -0.2) is 9.79 Å². The Kier molecular flexibility index (Phi) is 6.21. The molecular formula is C21H20N2O7. The lowest BCUT2D eigenvalue weighted by Crippen LogP contribution is -2.20. The zero-order valence-corrected chi connectivity index (χ0v) is 16.6. The summed E-state index contributed by atoms with van der Waals surface area (Å²) in [5.41, 5.74) is 6.40. The van der Waals surface area contributed by atoms with Crippen molar-refractivity contribution in [1.82, 2.24) is 0 Å². The van der Waals surface area contributed by atoms with Crippen LogP contribution in [0.1, 0.15) is 11.1 Å². The van der Waals surface area contributed by atoms with E-state index in [-0.39, 0.29) is 18.2 Å². The summed E-state index contributed by atoms with van der Waals surface area (Å²) in [5.74, 6) is 0.723. The zero-order valence-electron chi connectivity index (χ0n) is 16.6. The number of primary amides is 1. The van der Waals surface area contributed by atoms with Crippen molar-refractivity contribution < 1.29 is 33.3 Å². The van der Waals surface area contributed by atoms with Gasteiger partial charge >= 0.3 is 5.97 Å². The molecule has 156 valence electrons. The van der Waals surface area contributed by atoms with Crippen molar-refractivity contribution in [1.29, 1.82) is 0 Å². The monoisotopic (exact) mass is 412 g/mol. The molecule has 2 aromatic carbocycles. The Morgan fingerprint density at radius 2 is 1.67 bits per heavy atom. The number of aliphatic imine (C=N–C) groups is 1. The highest BCUT2D eigenvalue weighted by Crippen LogP contribution is 2.31. The lowest BCUT2D eigenvalue weighted by atomic mass is 10.1. The van der Waals surface area contributed by atoms with Gasteiger partial charge in [-0.3, -0.25) is 4.79 Å². The lowest BCUT2D eigenvalue weighted by molar-refractivity contribution is -0.130.